The third kappa shape index (κ3) is 2.31. The molecule has 0 spiro atoms. The Balaban J connectivity index is 3.34. The first-order valence-corrected chi connectivity index (χ1v) is 5.45. The molecule has 0 aliphatic carbocycles. The number of halogens is 1. The van der Waals surface area contributed by atoms with E-state index in [0.717, 1.165) is 0 Å². The topological polar surface area (TPSA) is 57.5 Å². The summed E-state index contributed by atoms with van der Waals surface area (Å²) in [6, 6.07) is 4.69. The van der Waals surface area contributed by atoms with E-state index < -0.39 is 17.9 Å². The Morgan fingerprint density at radius 2 is 2.08 bits per heavy atom. The molecule has 0 radical (unpaired) electrons. The first-order valence-electron chi connectivity index (χ1n) is 3.52. The lowest BCUT2D eigenvalue weighted by molar-refractivity contribution is 0.425. The Labute approximate surface area is 84.0 Å². The predicted molar refractivity (Wildman–Crippen MR) is 53.6 cm³/mol. The van der Waals surface area contributed by atoms with Crippen molar-refractivity contribution >= 4 is 35.0 Å². The van der Waals surface area contributed by atoms with Gasteiger partial charge in [0.1, 0.15) is 0 Å². The molecule has 3 nitrogen and oxygen atoms in total. The highest BCUT2D eigenvalue weighted by atomic mass is 35.5. The molecule has 0 heterocycles. The third-order valence-corrected chi connectivity index (χ3v) is 2.89. The van der Waals surface area contributed by atoms with Crippen LogP contribution in [0.1, 0.15) is 0 Å². The van der Waals surface area contributed by atoms with Gasteiger partial charge in [-0.05, 0) is 12.1 Å². The van der Waals surface area contributed by atoms with Gasteiger partial charge >= 0.3 is 7.12 Å². The van der Waals surface area contributed by atoms with Crippen molar-refractivity contribution in [2.24, 2.45) is 0 Å². The number of hydrogen-bond acceptors (Lipinski definition) is 3. The van der Waals surface area contributed by atoms with Crippen LogP contribution in [0.25, 0.3) is 0 Å². The van der Waals surface area contributed by atoms with Gasteiger partial charge in [0, 0.05) is 32.4 Å². The molecule has 0 aliphatic rings. The Morgan fingerprint density at radius 1 is 1.46 bits per heavy atom. The molecular formula is C7H8BClO3S. The van der Waals surface area contributed by atoms with Crippen LogP contribution in [-0.2, 0) is 10.8 Å². The summed E-state index contributed by atoms with van der Waals surface area (Å²) in [6.07, 6.45) is 1.46. The standard InChI is InChI=1S/C7H8BClO3S/c1-13(12)6-4-2-3-5(9)7(6)8(10)11/h2-4,10-11H,1H3. The number of benzene rings is 1. The minimum atomic E-state index is -1.69. The van der Waals surface area contributed by atoms with Crippen molar-refractivity contribution in [3.63, 3.8) is 0 Å². The minimum absolute atomic E-state index is 0.116. The molecule has 0 bridgehead atoms. The fourth-order valence-electron chi connectivity index (χ4n) is 1.02. The summed E-state index contributed by atoms with van der Waals surface area (Å²) in [7, 11) is -2.96. The quantitative estimate of drug-likeness (QED) is 0.674. The maximum Gasteiger partial charge on any atom is 0.491 e. The van der Waals surface area contributed by atoms with Gasteiger partial charge in [0.2, 0.25) is 0 Å². The van der Waals surface area contributed by atoms with Crippen LogP contribution in [-0.4, -0.2) is 27.6 Å². The van der Waals surface area contributed by atoms with Gasteiger partial charge in [-0.25, -0.2) is 0 Å². The van der Waals surface area contributed by atoms with Gasteiger partial charge in [0.25, 0.3) is 0 Å². The van der Waals surface area contributed by atoms with E-state index in [-0.39, 0.29) is 10.5 Å². The Hall–Kier alpha value is -0.355. The van der Waals surface area contributed by atoms with Gasteiger partial charge in [0.05, 0.1) is 0 Å². The van der Waals surface area contributed by atoms with Gasteiger partial charge in [-0.1, -0.05) is 17.7 Å². The second-order valence-electron chi connectivity index (χ2n) is 2.48. The van der Waals surface area contributed by atoms with Gasteiger partial charge < -0.3 is 10.0 Å². The molecule has 13 heavy (non-hydrogen) atoms. The smallest absolute Gasteiger partial charge is 0.423 e. The predicted octanol–water partition coefficient (Wildman–Crippen LogP) is -0.243. The highest BCUT2D eigenvalue weighted by Crippen LogP contribution is 2.11. The van der Waals surface area contributed by atoms with E-state index in [4.69, 9.17) is 21.6 Å². The van der Waals surface area contributed by atoms with E-state index >= 15 is 0 Å². The van der Waals surface area contributed by atoms with Crippen molar-refractivity contribution in [1.29, 1.82) is 0 Å². The lowest BCUT2D eigenvalue weighted by Crippen LogP contribution is -2.34. The van der Waals surface area contributed by atoms with Gasteiger partial charge in [0.15, 0.2) is 0 Å². The summed E-state index contributed by atoms with van der Waals surface area (Å²) in [5, 5.41) is 18.2. The monoisotopic (exact) mass is 218 g/mol. The lowest BCUT2D eigenvalue weighted by atomic mass is 9.80. The van der Waals surface area contributed by atoms with E-state index in [9.17, 15) is 4.21 Å². The normalized spacial score (nSPS) is 12.6. The number of rotatable bonds is 2. The van der Waals surface area contributed by atoms with Crippen LogP contribution in [0, 0.1) is 0 Å². The molecule has 70 valence electrons. The van der Waals surface area contributed by atoms with Crippen LogP contribution < -0.4 is 5.46 Å². The molecule has 0 saturated carbocycles. The summed E-state index contributed by atoms with van der Waals surface area (Å²) in [5.74, 6) is 0. The van der Waals surface area contributed by atoms with Crippen molar-refractivity contribution in [2.45, 2.75) is 4.90 Å². The van der Waals surface area contributed by atoms with E-state index in [0.29, 0.717) is 4.90 Å². The van der Waals surface area contributed by atoms with Crippen molar-refractivity contribution in [1.82, 2.24) is 0 Å². The van der Waals surface area contributed by atoms with Crippen molar-refractivity contribution in [3.8, 4) is 0 Å². The number of hydrogen-bond donors (Lipinski definition) is 2. The molecule has 6 heteroatoms. The van der Waals surface area contributed by atoms with E-state index in [1.807, 2.05) is 0 Å². The largest absolute Gasteiger partial charge is 0.491 e. The Kier molecular flexibility index (Phi) is 3.50. The lowest BCUT2D eigenvalue weighted by Gasteiger charge is -2.07. The van der Waals surface area contributed by atoms with Gasteiger partial charge in [-0.15, -0.1) is 0 Å². The zero-order chi connectivity index (χ0) is 10.0. The van der Waals surface area contributed by atoms with E-state index in [2.05, 4.69) is 0 Å². The van der Waals surface area contributed by atoms with Crippen LogP contribution in [0.3, 0.4) is 0 Å². The molecule has 0 aliphatic heterocycles. The molecule has 1 aromatic carbocycles. The molecule has 0 amide bonds. The van der Waals surface area contributed by atoms with Crippen molar-refractivity contribution in [2.75, 3.05) is 6.26 Å². The molecule has 0 fully saturated rings. The maximum absolute atomic E-state index is 11.2. The molecule has 1 aromatic rings. The SMILES string of the molecule is CS(=O)c1cccc(Cl)c1B(O)O. The zero-order valence-corrected chi connectivity index (χ0v) is 8.47. The Bertz CT molecular complexity index is 343. The maximum atomic E-state index is 11.2. The fraction of sp³-hybridized carbons (Fsp3) is 0.143. The van der Waals surface area contributed by atoms with Crippen LogP contribution in [0.15, 0.2) is 23.1 Å². The molecule has 1 rings (SSSR count). The first kappa shape index (κ1) is 10.7. The van der Waals surface area contributed by atoms with Crippen LogP contribution in [0.2, 0.25) is 5.02 Å². The van der Waals surface area contributed by atoms with Gasteiger partial charge in [-0.2, -0.15) is 0 Å². The van der Waals surface area contributed by atoms with Crippen LogP contribution >= 0.6 is 11.6 Å². The highest BCUT2D eigenvalue weighted by molar-refractivity contribution is 7.84. The van der Waals surface area contributed by atoms with E-state index in [1.165, 1.54) is 12.3 Å². The molecule has 1 atom stereocenters. The summed E-state index contributed by atoms with van der Waals surface area (Å²) >= 11 is 5.71. The zero-order valence-electron chi connectivity index (χ0n) is 6.90. The minimum Gasteiger partial charge on any atom is -0.423 e. The summed E-state index contributed by atoms with van der Waals surface area (Å²) in [5.41, 5.74) is 0.116. The molecule has 1 unspecified atom stereocenters. The van der Waals surface area contributed by atoms with Crippen LogP contribution in [0.5, 0.6) is 0 Å². The first-order chi connectivity index (χ1) is 6.04. The summed E-state index contributed by atoms with van der Waals surface area (Å²) in [4.78, 5) is 0.350. The molecule has 0 saturated heterocycles. The summed E-state index contributed by atoms with van der Waals surface area (Å²) < 4.78 is 11.2. The summed E-state index contributed by atoms with van der Waals surface area (Å²) in [6.45, 7) is 0. The van der Waals surface area contributed by atoms with Crippen molar-refractivity contribution < 1.29 is 14.3 Å². The molecule has 0 aromatic heterocycles. The Morgan fingerprint density at radius 3 is 2.46 bits per heavy atom. The highest BCUT2D eigenvalue weighted by Gasteiger charge is 2.20. The third-order valence-electron chi connectivity index (χ3n) is 1.58. The van der Waals surface area contributed by atoms with Crippen LogP contribution in [0.4, 0.5) is 0 Å². The molecular weight excluding hydrogens is 210 g/mol. The average molecular weight is 218 g/mol. The van der Waals surface area contributed by atoms with Crippen molar-refractivity contribution in [3.05, 3.63) is 23.2 Å². The second kappa shape index (κ2) is 4.24. The van der Waals surface area contributed by atoms with Gasteiger partial charge in [-0.3, -0.25) is 4.21 Å². The van der Waals surface area contributed by atoms with E-state index in [1.54, 1.807) is 12.1 Å². The second-order valence-corrected chi connectivity index (χ2v) is 4.23. The molecule has 2 N–H and O–H groups in total. The average Bonchev–Trinajstić information content (AvgIpc) is 2.02. The fourth-order valence-corrected chi connectivity index (χ4v) is 2.14.